The van der Waals surface area contributed by atoms with E-state index in [9.17, 15) is 0 Å². The lowest BCUT2D eigenvalue weighted by Crippen LogP contribution is -2.31. The first-order chi connectivity index (χ1) is 7.02. The zero-order valence-corrected chi connectivity index (χ0v) is 9.91. The van der Waals surface area contributed by atoms with Gasteiger partial charge >= 0.3 is 0 Å². The quantitative estimate of drug-likeness (QED) is 0.757. The molecule has 0 fully saturated rings. The maximum absolute atomic E-state index is 5.77. The summed E-state index contributed by atoms with van der Waals surface area (Å²) in [5.74, 6) is 0.587. The molecule has 6 heteroatoms. The Hall–Kier alpha value is -1.07. The Morgan fingerprint density at radius 3 is 2.80 bits per heavy atom. The summed E-state index contributed by atoms with van der Waals surface area (Å²) in [6.45, 7) is 2.86. The number of aromatic nitrogens is 2. The first-order valence-electron chi connectivity index (χ1n) is 4.68. The number of hydrogen-bond acceptors (Lipinski definition) is 5. The fraction of sp³-hybridized carbons (Fsp3) is 0.556. The molecule has 0 bridgehead atoms. The van der Waals surface area contributed by atoms with Gasteiger partial charge in [-0.3, -0.25) is 0 Å². The van der Waals surface area contributed by atoms with Gasteiger partial charge in [0.25, 0.3) is 0 Å². The normalized spacial score (nSPS) is 12.9. The number of hydrogen-bond donors (Lipinski definition) is 2. The van der Waals surface area contributed by atoms with Gasteiger partial charge in [0.05, 0.1) is 0 Å². The molecule has 0 aliphatic rings. The van der Waals surface area contributed by atoms with Crippen molar-refractivity contribution in [3.63, 3.8) is 0 Å². The lowest BCUT2D eigenvalue weighted by Gasteiger charge is -2.20. The Bertz CT molecular complexity index is 328. The van der Waals surface area contributed by atoms with E-state index in [2.05, 4.69) is 27.1 Å². The molecule has 0 aromatic carbocycles. The molecule has 1 heterocycles. The number of nitrogens with one attached hydrogen (secondary N) is 1. The monoisotopic (exact) mass is 229 g/mol. The minimum atomic E-state index is 0.282. The predicted octanol–water partition coefficient (Wildman–Crippen LogP) is 1.07. The van der Waals surface area contributed by atoms with E-state index in [-0.39, 0.29) is 5.15 Å². The molecule has 84 valence electrons. The van der Waals surface area contributed by atoms with Crippen molar-refractivity contribution < 1.29 is 0 Å². The molecule has 15 heavy (non-hydrogen) atoms. The van der Waals surface area contributed by atoms with E-state index >= 15 is 0 Å². The van der Waals surface area contributed by atoms with Gasteiger partial charge in [0, 0.05) is 12.6 Å². The Kier molecular flexibility index (Phi) is 4.11. The van der Waals surface area contributed by atoms with E-state index in [0.29, 0.717) is 17.5 Å². The number of nitrogens with zero attached hydrogens (tertiary/aromatic N) is 3. The summed E-state index contributed by atoms with van der Waals surface area (Å²) in [6.07, 6.45) is 1.39. The number of rotatable bonds is 4. The number of likely N-dealkylation sites (N-methyl/N-ethyl adjacent to an activating group) is 1. The van der Waals surface area contributed by atoms with Crippen LogP contribution in [0, 0.1) is 0 Å². The van der Waals surface area contributed by atoms with E-state index in [1.165, 1.54) is 6.33 Å². The van der Waals surface area contributed by atoms with Crippen LogP contribution < -0.4 is 11.1 Å². The van der Waals surface area contributed by atoms with Crippen LogP contribution in [0.3, 0.4) is 0 Å². The zero-order chi connectivity index (χ0) is 11.4. The zero-order valence-electron chi connectivity index (χ0n) is 9.16. The van der Waals surface area contributed by atoms with Crippen LogP contribution in [-0.2, 0) is 0 Å². The van der Waals surface area contributed by atoms with Gasteiger partial charge in [0.15, 0.2) is 11.0 Å². The van der Waals surface area contributed by atoms with Crippen LogP contribution in [0.1, 0.15) is 6.92 Å². The third-order valence-corrected chi connectivity index (χ3v) is 2.58. The first-order valence-corrected chi connectivity index (χ1v) is 5.06. The van der Waals surface area contributed by atoms with Gasteiger partial charge in [0.1, 0.15) is 12.0 Å². The van der Waals surface area contributed by atoms with Gasteiger partial charge in [-0.05, 0) is 21.0 Å². The van der Waals surface area contributed by atoms with Crippen molar-refractivity contribution in [1.82, 2.24) is 14.9 Å². The molecule has 0 spiro atoms. The Labute approximate surface area is 94.6 Å². The number of nitrogens with two attached hydrogens (primary N) is 1. The minimum absolute atomic E-state index is 0.282. The molecule has 0 radical (unpaired) electrons. The highest BCUT2D eigenvalue weighted by Gasteiger charge is 2.08. The van der Waals surface area contributed by atoms with Crippen molar-refractivity contribution in [2.24, 2.45) is 0 Å². The second-order valence-corrected chi connectivity index (χ2v) is 3.98. The van der Waals surface area contributed by atoms with Crippen LogP contribution in [0.2, 0.25) is 5.15 Å². The summed E-state index contributed by atoms with van der Waals surface area (Å²) < 4.78 is 0. The smallest absolute Gasteiger partial charge is 0.157 e. The van der Waals surface area contributed by atoms with Crippen molar-refractivity contribution in [2.45, 2.75) is 13.0 Å². The Morgan fingerprint density at radius 1 is 1.53 bits per heavy atom. The average Bonchev–Trinajstić information content (AvgIpc) is 2.19. The van der Waals surface area contributed by atoms with E-state index in [1.54, 1.807) is 0 Å². The number of halogens is 1. The first kappa shape index (κ1) is 12.0. The lowest BCUT2D eigenvalue weighted by atomic mass is 10.3. The molecule has 0 saturated carbocycles. The summed E-state index contributed by atoms with van der Waals surface area (Å²) in [7, 11) is 4.03. The SMILES string of the molecule is CC(CNc1ncnc(Cl)c1N)N(C)C. The molecule has 3 N–H and O–H groups in total. The summed E-state index contributed by atoms with van der Waals surface area (Å²) in [5.41, 5.74) is 6.11. The van der Waals surface area contributed by atoms with Crippen molar-refractivity contribution in [1.29, 1.82) is 0 Å². The average molecular weight is 230 g/mol. The van der Waals surface area contributed by atoms with E-state index in [0.717, 1.165) is 6.54 Å². The third kappa shape index (κ3) is 3.21. The fourth-order valence-corrected chi connectivity index (χ4v) is 1.08. The molecule has 1 aromatic rings. The molecular formula is C9H16ClN5. The van der Waals surface area contributed by atoms with Gasteiger partial charge < -0.3 is 16.0 Å². The van der Waals surface area contributed by atoms with Gasteiger partial charge in [-0.2, -0.15) is 0 Å². The van der Waals surface area contributed by atoms with Crippen LogP contribution in [0.4, 0.5) is 11.5 Å². The van der Waals surface area contributed by atoms with Crippen LogP contribution >= 0.6 is 11.6 Å². The third-order valence-electron chi connectivity index (χ3n) is 2.28. The maximum Gasteiger partial charge on any atom is 0.157 e. The Balaban J connectivity index is 2.62. The molecule has 0 amide bonds. The summed E-state index contributed by atoms with van der Waals surface area (Å²) in [5, 5.41) is 3.42. The van der Waals surface area contributed by atoms with Crippen LogP contribution in [0.25, 0.3) is 0 Å². The van der Waals surface area contributed by atoms with E-state index in [4.69, 9.17) is 17.3 Å². The molecule has 1 rings (SSSR count). The molecular weight excluding hydrogens is 214 g/mol. The minimum Gasteiger partial charge on any atom is -0.393 e. The highest BCUT2D eigenvalue weighted by Crippen LogP contribution is 2.21. The molecule has 0 aliphatic carbocycles. The lowest BCUT2D eigenvalue weighted by molar-refractivity contribution is 0.326. The van der Waals surface area contributed by atoms with Crippen molar-refractivity contribution in [3.8, 4) is 0 Å². The summed E-state index contributed by atoms with van der Waals surface area (Å²) >= 11 is 5.77. The van der Waals surface area contributed by atoms with Crippen molar-refractivity contribution >= 4 is 23.1 Å². The molecule has 0 aliphatic heterocycles. The fourth-order valence-electron chi connectivity index (χ4n) is 0.942. The second kappa shape index (κ2) is 5.14. The van der Waals surface area contributed by atoms with Gasteiger partial charge in [-0.1, -0.05) is 11.6 Å². The van der Waals surface area contributed by atoms with E-state index < -0.39 is 0 Å². The molecule has 1 aromatic heterocycles. The van der Waals surface area contributed by atoms with Crippen LogP contribution in [-0.4, -0.2) is 41.5 Å². The molecule has 5 nitrogen and oxygen atoms in total. The van der Waals surface area contributed by atoms with Gasteiger partial charge in [-0.15, -0.1) is 0 Å². The predicted molar refractivity (Wildman–Crippen MR) is 63.1 cm³/mol. The molecule has 1 atom stereocenters. The largest absolute Gasteiger partial charge is 0.393 e. The number of anilines is 2. The van der Waals surface area contributed by atoms with E-state index in [1.807, 2.05) is 14.1 Å². The Morgan fingerprint density at radius 2 is 2.20 bits per heavy atom. The molecule has 0 saturated heterocycles. The summed E-state index contributed by atoms with van der Waals surface area (Å²) in [6, 6.07) is 0.387. The highest BCUT2D eigenvalue weighted by molar-refractivity contribution is 6.32. The standard InChI is InChI=1S/C9H16ClN5/c1-6(15(2)3)4-12-9-7(11)8(10)13-5-14-9/h5-6H,4,11H2,1-3H3,(H,12,13,14). The van der Waals surface area contributed by atoms with Crippen molar-refractivity contribution in [3.05, 3.63) is 11.5 Å². The van der Waals surface area contributed by atoms with Crippen molar-refractivity contribution in [2.75, 3.05) is 31.7 Å². The maximum atomic E-state index is 5.77. The number of nitrogen functional groups attached to an aromatic ring is 1. The summed E-state index contributed by atoms with van der Waals surface area (Å²) in [4.78, 5) is 9.90. The van der Waals surface area contributed by atoms with Crippen LogP contribution in [0.5, 0.6) is 0 Å². The van der Waals surface area contributed by atoms with Gasteiger partial charge in [0.2, 0.25) is 0 Å². The highest BCUT2D eigenvalue weighted by atomic mass is 35.5. The van der Waals surface area contributed by atoms with Gasteiger partial charge in [-0.25, -0.2) is 9.97 Å². The topological polar surface area (TPSA) is 67.1 Å². The van der Waals surface area contributed by atoms with Crippen LogP contribution in [0.15, 0.2) is 6.33 Å². The molecule has 1 unspecified atom stereocenters. The second-order valence-electron chi connectivity index (χ2n) is 3.62.